The summed E-state index contributed by atoms with van der Waals surface area (Å²) in [4.78, 5) is 10.8. The number of aliphatic hydroxyl groups is 1. The number of aliphatic imine (C=N–C) groups is 1. The highest BCUT2D eigenvalue weighted by Crippen LogP contribution is 2.32. The first-order valence-electron chi connectivity index (χ1n) is 7.70. The molecular weight excluding hydrogens is 388 g/mol. The van der Waals surface area contributed by atoms with Gasteiger partial charge >= 0.3 is 0 Å². The van der Waals surface area contributed by atoms with Gasteiger partial charge in [0.1, 0.15) is 11.5 Å². The fourth-order valence-corrected chi connectivity index (χ4v) is 3.41. The Labute approximate surface area is 153 Å². The van der Waals surface area contributed by atoms with E-state index in [-0.39, 0.29) is 17.2 Å². The van der Waals surface area contributed by atoms with Crippen LogP contribution in [-0.2, 0) is 6.42 Å². The van der Waals surface area contributed by atoms with E-state index in [4.69, 9.17) is 16.4 Å². The average Bonchev–Trinajstić information content (AvgIpc) is 2.54. The van der Waals surface area contributed by atoms with Crippen molar-refractivity contribution >= 4 is 39.0 Å². The molecule has 1 fully saturated rings. The van der Waals surface area contributed by atoms with E-state index in [2.05, 4.69) is 31.1 Å². The number of hydrogen-bond acceptors (Lipinski definition) is 7. The maximum absolute atomic E-state index is 9.93. The quantitative estimate of drug-likeness (QED) is 0.445. The van der Waals surface area contributed by atoms with E-state index < -0.39 is 5.60 Å². The molecule has 0 spiro atoms. The molecule has 1 aromatic heterocycles. The molecule has 8 nitrogen and oxygen atoms in total. The molecule has 5 N–H and O–H groups in total. The van der Waals surface area contributed by atoms with E-state index in [0.717, 1.165) is 16.0 Å². The van der Waals surface area contributed by atoms with Crippen molar-refractivity contribution in [1.82, 2.24) is 4.98 Å². The minimum Gasteiger partial charge on any atom is -0.409 e. The largest absolute Gasteiger partial charge is 0.409 e. The Hall–Kier alpha value is -2.26. The summed E-state index contributed by atoms with van der Waals surface area (Å²) in [5.74, 6) is 0.673. The minimum atomic E-state index is -0.689. The fourth-order valence-electron chi connectivity index (χ4n) is 2.94. The first kappa shape index (κ1) is 17.6. The molecule has 0 aliphatic carbocycles. The normalized spacial score (nSPS) is 21.4. The first-order valence-corrected chi connectivity index (χ1v) is 8.49. The zero-order valence-corrected chi connectivity index (χ0v) is 15.5. The molecule has 9 heteroatoms. The molecule has 0 amide bonds. The number of anilines is 1. The third-order valence-electron chi connectivity index (χ3n) is 4.23. The van der Waals surface area contributed by atoms with Gasteiger partial charge in [0.05, 0.1) is 15.8 Å². The number of nitrogens with zero attached hydrogens (tertiary/aromatic N) is 4. The molecule has 3 rings (SSSR count). The number of amidine groups is 1. The predicted molar refractivity (Wildman–Crippen MR) is 99.7 cm³/mol. The van der Waals surface area contributed by atoms with Crippen LogP contribution in [0.3, 0.4) is 0 Å². The highest BCUT2D eigenvalue weighted by Gasteiger charge is 2.38. The maximum Gasteiger partial charge on any atom is 0.218 e. The van der Waals surface area contributed by atoms with Crippen LogP contribution in [0.4, 0.5) is 5.82 Å². The molecule has 25 heavy (non-hydrogen) atoms. The molecular formula is C16H19BrN6O2. The summed E-state index contributed by atoms with van der Waals surface area (Å²) in [5, 5.41) is 29.7. The van der Waals surface area contributed by atoms with Crippen LogP contribution < -0.4 is 10.6 Å². The van der Waals surface area contributed by atoms with Crippen LogP contribution >= 0.6 is 15.9 Å². The summed E-state index contributed by atoms with van der Waals surface area (Å²) in [6, 6.07) is 3.78. The molecule has 3 heterocycles. The van der Waals surface area contributed by atoms with Crippen molar-refractivity contribution < 1.29 is 10.3 Å². The Morgan fingerprint density at radius 2 is 2.12 bits per heavy atom. The number of rotatable bonds is 3. The van der Waals surface area contributed by atoms with Gasteiger partial charge in [-0.3, -0.25) is 5.41 Å². The van der Waals surface area contributed by atoms with Crippen molar-refractivity contribution in [2.45, 2.75) is 25.9 Å². The second-order valence-electron chi connectivity index (χ2n) is 6.53. The van der Waals surface area contributed by atoms with Gasteiger partial charge in [-0.15, -0.1) is 0 Å². The molecule has 0 radical (unpaired) electrons. The van der Waals surface area contributed by atoms with Gasteiger partial charge in [-0.05, 0) is 41.9 Å². The van der Waals surface area contributed by atoms with Gasteiger partial charge in [-0.1, -0.05) is 5.16 Å². The number of allylic oxidation sites excluding steroid dienone is 1. The first-order chi connectivity index (χ1) is 11.7. The van der Waals surface area contributed by atoms with Crippen molar-refractivity contribution in [2.75, 3.05) is 18.0 Å². The van der Waals surface area contributed by atoms with E-state index in [1.165, 1.54) is 0 Å². The number of halogens is 1. The number of aromatic nitrogens is 1. The van der Waals surface area contributed by atoms with E-state index >= 15 is 0 Å². The van der Waals surface area contributed by atoms with E-state index in [1.54, 1.807) is 13.8 Å². The Bertz CT molecular complexity index is 835. The molecule has 1 saturated heterocycles. The number of β-amino-alcohol motifs (C(OH)–C–C–N with tert-alkyl or cyclic N) is 1. The molecule has 0 atom stereocenters. The predicted octanol–water partition coefficient (Wildman–Crippen LogP) is 1.45. The third kappa shape index (κ3) is 3.29. The average molecular weight is 407 g/mol. The Balaban J connectivity index is 1.88. The standard InChI is InChI=1S/C16H19BrN6O2/c1-8-10(12(18)13(19)14(20-8)22-25)5-9-3-4-11(17)15(21-9)23-6-16(2,24)7-23/h3-4,19,24-25H,5-7,18H2,1-2H3/b19-13?,22-14+. The Kier molecular flexibility index (Phi) is 4.38. The van der Waals surface area contributed by atoms with Gasteiger partial charge in [-0.25, -0.2) is 9.98 Å². The molecule has 1 aromatic rings. The molecule has 2 aliphatic rings. The molecule has 0 saturated carbocycles. The molecule has 0 unspecified atom stereocenters. The zero-order chi connectivity index (χ0) is 18.4. The van der Waals surface area contributed by atoms with Crippen molar-refractivity contribution in [3.63, 3.8) is 0 Å². The molecule has 2 aliphatic heterocycles. The number of dihydropyridines is 1. The fraction of sp³-hybridized carbons (Fsp3) is 0.375. The molecule has 132 valence electrons. The van der Waals surface area contributed by atoms with Crippen LogP contribution in [0.25, 0.3) is 0 Å². The number of nitrogens with two attached hydrogens (primary N) is 1. The van der Waals surface area contributed by atoms with Gasteiger partial charge in [0.25, 0.3) is 0 Å². The molecule has 0 aromatic carbocycles. The van der Waals surface area contributed by atoms with Gasteiger partial charge in [0, 0.05) is 36.5 Å². The summed E-state index contributed by atoms with van der Waals surface area (Å²) in [6.45, 7) is 4.59. The topological polar surface area (TPSA) is 131 Å². The monoisotopic (exact) mass is 406 g/mol. The summed E-state index contributed by atoms with van der Waals surface area (Å²) in [5.41, 5.74) is 7.54. The van der Waals surface area contributed by atoms with Crippen LogP contribution in [0.15, 0.2) is 38.0 Å². The van der Waals surface area contributed by atoms with Crippen molar-refractivity contribution in [3.05, 3.63) is 33.6 Å². The lowest BCUT2D eigenvalue weighted by Gasteiger charge is -2.45. The van der Waals surface area contributed by atoms with Gasteiger partial charge in [0.2, 0.25) is 5.84 Å². The van der Waals surface area contributed by atoms with E-state index in [1.807, 2.05) is 17.0 Å². The lowest BCUT2D eigenvalue weighted by molar-refractivity contribution is 0.0304. The number of nitrogens with one attached hydrogen (secondary N) is 1. The van der Waals surface area contributed by atoms with Crippen LogP contribution in [-0.4, -0.2) is 51.2 Å². The third-order valence-corrected chi connectivity index (χ3v) is 4.85. The lowest BCUT2D eigenvalue weighted by atomic mass is 9.96. The number of pyridine rings is 1. The number of hydrogen-bond donors (Lipinski definition) is 4. The van der Waals surface area contributed by atoms with Crippen molar-refractivity contribution in [1.29, 1.82) is 5.41 Å². The summed E-state index contributed by atoms with van der Waals surface area (Å²) >= 11 is 3.50. The maximum atomic E-state index is 9.93. The van der Waals surface area contributed by atoms with Crippen molar-refractivity contribution in [3.8, 4) is 0 Å². The van der Waals surface area contributed by atoms with Crippen molar-refractivity contribution in [2.24, 2.45) is 15.9 Å². The smallest absolute Gasteiger partial charge is 0.218 e. The summed E-state index contributed by atoms with van der Waals surface area (Å²) < 4.78 is 0.852. The summed E-state index contributed by atoms with van der Waals surface area (Å²) in [6.07, 6.45) is 0.409. The number of oxime groups is 1. The Morgan fingerprint density at radius 3 is 2.72 bits per heavy atom. The van der Waals surface area contributed by atoms with E-state index in [0.29, 0.717) is 30.8 Å². The van der Waals surface area contributed by atoms with Crippen LogP contribution in [0, 0.1) is 5.41 Å². The highest BCUT2D eigenvalue weighted by atomic mass is 79.9. The van der Waals surface area contributed by atoms with E-state index in [9.17, 15) is 5.11 Å². The Morgan fingerprint density at radius 1 is 1.44 bits per heavy atom. The minimum absolute atomic E-state index is 0.0917. The van der Waals surface area contributed by atoms with Gasteiger partial charge in [-0.2, -0.15) is 0 Å². The zero-order valence-electron chi connectivity index (χ0n) is 13.9. The molecule has 0 bridgehead atoms. The van der Waals surface area contributed by atoms with Crippen LogP contribution in [0.1, 0.15) is 19.5 Å². The van der Waals surface area contributed by atoms with Crippen LogP contribution in [0.5, 0.6) is 0 Å². The second-order valence-corrected chi connectivity index (χ2v) is 7.38. The SMILES string of the molecule is CC1=N/C(=N/O)C(=N)C(N)=C1Cc1ccc(Br)c(N2CC(C)(O)C2)n1. The van der Waals surface area contributed by atoms with Crippen LogP contribution in [0.2, 0.25) is 0 Å². The van der Waals surface area contributed by atoms with Gasteiger partial charge in [0.15, 0.2) is 0 Å². The second kappa shape index (κ2) is 6.23. The van der Waals surface area contributed by atoms with Gasteiger partial charge < -0.3 is 20.9 Å². The highest BCUT2D eigenvalue weighted by molar-refractivity contribution is 9.10. The summed E-state index contributed by atoms with van der Waals surface area (Å²) in [7, 11) is 0. The lowest BCUT2D eigenvalue weighted by Crippen LogP contribution is -2.60.